The zero-order chi connectivity index (χ0) is 28.9. The van der Waals surface area contributed by atoms with Gasteiger partial charge in [-0.2, -0.15) is 0 Å². The Morgan fingerprint density at radius 1 is 1.20 bits per heavy atom. The van der Waals surface area contributed by atoms with E-state index in [1.165, 1.54) is 0 Å². The van der Waals surface area contributed by atoms with Crippen LogP contribution in [0.1, 0.15) is 87.7 Å². The van der Waals surface area contributed by atoms with Gasteiger partial charge in [0.25, 0.3) is 0 Å². The Morgan fingerprint density at radius 3 is 2.61 bits per heavy atom. The topological polar surface area (TPSA) is 118 Å². The third-order valence-electron chi connectivity index (χ3n) is 9.47. The van der Waals surface area contributed by atoms with E-state index in [9.17, 15) is 19.5 Å². The molecular weight excluding hydrogens is 590 g/mol. The molecule has 4 aliphatic rings. The summed E-state index contributed by atoms with van der Waals surface area (Å²) in [7, 11) is 0. The molecule has 2 aliphatic carbocycles. The Hall–Kier alpha value is -2.95. The zero-order valence-corrected chi connectivity index (χ0v) is 25.3. The third kappa shape index (κ3) is 5.49. The highest BCUT2D eigenvalue weighted by Crippen LogP contribution is 2.54. The smallest absolute Gasteiger partial charge is 0.307 e. The average Bonchev–Trinajstić information content (AvgIpc) is 3.39. The normalized spacial score (nSPS) is 25.1. The number of aliphatic carboxylic acids is 1. The second-order valence-electron chi connectivity index (χ2n) is 12.6. The number of fused-ring (bicyclic) bond motifs is 1. The minimum atomic E-state index is -0.899. The number of carboxylic acids is 1. The fraction of sp³-hybridized carbons (Fsp3) is 0.633. The molecule has 6 rings (SSSR count). The predicted octanol–water partition coefficient (Wildman–Crippen LogP) is 4.53. The lowest BCUT2D eigenvalue weighted by atomic mass is 9.77. The van der Waals surface area contributed by atoms with Gasteiger partial charge in [0, 0.05) is 42.1 Å². The number of carbonyl (C=O) groups is 3. The van der Waals surface area contributed by atoms with E-state index in [0.29, 0.717) is 56.8 Å². The number of carboxylic acid groups (broad SMARTS) is 1. The Balaban J connectivity index is 1.34. The molecule has 1 aromatic heterocycles. The molecule has 1 N–H and O–H groups in total. The van der Waals surface area contributed by atoms with E-state index < -0.39 is 23.8 Å². The summed E-state index contributed by atoms with van der Waals surface area (Å²) in [6, 6.07) is 3.63. The second kappa shape index (κ2) is 11.0. The molecule has 11 heteroatoms. The molecule has 0 unspecified atom stereocenters. The molecule has 41 heavy (non-hydrogen) atoms. The van der Waals surface area contributed by atoms with Gasteiger partial charge in [-0.1, -0.05) is 34.0 Å². The SMILES string of the molecule is CC(C)n1cc(COc2ccc(Br)c3c2[C@@H](CN2CC4(CC4)CC2=O)N(C(=O)[C@@H]2CCCC[C@@H]2C(=O)O)CC3)nn1. The van der Waals surface area contributed by atoms with Crippen molar-refractivity contribution in [3.8, 4) is 5.75 Å². The van der Waals surface area contributed by atoms with Crippen molar-refractivity contribution in [3.05, 3.63) is 39.6 Å². The number of likely N-dealkylation sites (tertiary alicyclic amines) is 1. The van der Waals surface area contributed by atoms with E-state index >= 15 is 0 Å². The number of rotatable bonds is 8. The number of aromatic nitrogens is 3. The minimum absolute atomic E-state index is 0.0973. The first-order chi connectivity index (χ1) is 19.7. The van der Waals surface area contributed by atoms with E-state index in [4.69, 9.17) is 4.74 Å². The number of ether oxygens (including phenoxy) is 1. The summed E-state index contributed by atoms with van der Waals surface area (Å²) < 4.78 is 9.10. The van der Waals surface area contributed by atoms with Gasteiger partial charge < -0.3 is 19.6 Å². The molecule has 2 aliphatic heterocycles. The van der Waals surface area contributed by atoms with Crippen molar-refractivity contribution in [1.82, 2.24) is 24.8 Å². The molecule has 0 bridgehead atoms. The van der Waals surface area contributed by atoms with Crippen molar-refractivity contribution in [2.24, 2.45) is 17.3 Å². The van der Waals surface area contributed by atoms with Gasteiger partial charge in [0.05, 0.1) is 24.1 Å². The molecule has 2 amide bonds. The van der Waals surface area contributed by atoms with Crippen molar-refractivity contribution >= 4 is 33.7 Å². The van der Waals surface area contributed by atoms with Gasteiger partial charge in [0.15, 0.2) is 0 Å². The highest BCUT2D eigenvalue weighted by atomic mass is 79.9. The molecule has 3 atom stereocenters. The van der Waals surface area contributed by atoms with E-state index in [1.54, 1.807) is 4.68 Å². The van der Waals surface area contributed by atoms with Crippen LogP contribution in [-0.4, -0.2) is 67.3 Å². The van der Waals surface area contributed by atoms with Crippen LogP contribution < -0.4 is 4.74 Å². The van der Waals surface area contributed by atoms with E-state index in [2.05, 4.69) is 26.2 Å². The van der Waals surface area contributed by atoms with Gasteiger partial charge in [-0.05, 0) is 69.1 Å². The molecule has 2 saturated carbocycles. The van der Waals surface area contributed by atoms with Gasteiger partial charge in [0.1, 0.15) is 18.1 Å². The lowest BCUT2D eigenvalue weighted by Gasteiger charge is -2.43. The van der Waals surface area contributed by atoms with Crippen molar-refractivity contribution < 1.29 is 24.2 Å². The van der Waals surface area contributed by atoms with Crippen LogP contribution in [0.15, 0.2) is 22.8 Å². The number of nitrogens with zero attached hydrogens (tertiary/aromatic N) is 5. The molecule has 220 valence electrons. The van der Waals surface area contributed by atoms with Gasteiger partial charge in [-0.3, -0.25) is 14.4 Å². The molecule has 3 fully saturated rings. The average molecular weight is 629 g/mol. The van der Waals surface area contributed by atoms with E-state index in [0.717, 1.165) is 41.3 Å². The maximum absolute atomic E-state index is 14.2. The molecule has 1 saturated heterocycles. The largest absolute Gasteiger partial charge is 0.487 e. The summed E-state index contributed by atoms with van der Waals surface area (Å²) in [5.74, 6) is -1.47. The van der Waals surface area contributed by atoms with Gasteiger partial charge >= 0.3 is 5.97 Å². The quantitative estimate of drug-likeness (QED) is 0.457. The van der Waals surface area contributed by atoms with Crippen LogP contribution in [0.25, 0.3) is 0 Å². The lowest BCUT2D eigenvalue weighted by Crippen LogP contribution is -2.50. The van der Waals surface area contributed by atoms with Crippen LogP contribution in [0, 0.1) is 17.3 Å². The van der Waals surface area contributed by atoms with E-state index in [1.807, 2.05) is 42.0 Å². The Morgan fingerprint density at radius 2 is 1.95 bits per heavy atom. The first-order valence-electron chi connectivity index (χ1n) is 14.8. The highest BCUT2D eigenvalue weighted by Gasteiger charge is 2.53. The summed E-state index contributed by atoms with van der Waals surface area (Å²) in [5.41, 5.74) is 2.75. The van der Waals surface area contributed by atoms with Gasteiger partial charge in [0.2, 0.25) is 11.8 Å². The lowest BCUT2D eigenvalue weighted by molar-refractivity contribution is -0.154. The predicted molar refractivity (Wildman–Crippen MR) is 153 cm³/mol. The number of hydrogen-bond donors (Lipinski definition) is 1. The summed E-state index contributed by atoms with van der Waals surface area (Å²) >= 11 is 3.73. The number of carbonyl (C=O) groups excluding carboxylic acids is 2. The van der Waals surface area contributed by atoms with Crippen LogP contribution in [0.3, 0.4) is 0 Å². The monoisotopic (exact) mass is 627 g/mol. The standard InChI is InChI=1S/C30H38BrN5O5/c1-18(2)36-14-19(32-33-36)16-41-25-8-7-23(31)22-9-12-35(28(38)20-5-3-4-6-21(20)29(39)40)24(27(22)25)15-34-17-30(10-11-30)13-26(34)37/h7-8,14,18,20-21,24H,3-6,9-13,15-17H2,1-2H3,(H,39,40)/t20-,21+,24-/m1/s1. The first-order valence-corrected chi connectivity index (χ1v) is 15.6. The number of amides is 2. The second-order valence-corrected chi connectivity index (χ2v) is 13.4. The van der Waals surface area contributed by atoms with Crippen molar-refractivity contribution in [2.75, 3.05) is 19.6 Å². The summed E-state index contributed by atoms with van der Waals surface area (Å²) in [6.07, 6.45) is 7.95. The summed E-state index contributed by atoms with van der Waals surface area (Å²) in [6.45, 7) is 5.85. The fourth-order valence-electron chi connectivity index (χ4n) is 6.95. The van der Waals surface area contributed by atoms with Crippen LogP contribution in [0.5, 0.6) is 5.75 Å². The maximum atomic E-state index is 14.2. The van der Waals surface area contributed by atoms with Crippen LogP contribution in [0.2, 0.25) is 0 Å². The molecular formula is C30H38BrN5O5. The highest BCUT2D eigenvalue weighted by molar-refractivity contribution is 9.10. The van der Waals surface area contributed by atoms with Crippen LogP contribution >= 0.6 is 15.9 Å². The summed E-state index contributed by atoms with van der Waals surface area (Å²) in [5, 5.41) is 18.4. The zero-order valence-electron chi connectivity index (χ0n) is 23.7. The molecule has 0 radical (unpaired) electrons. The maximum Gasteiger partial charge on any atom is 0.307 e. The Bertz CT molecular complexity index is 1350. The number of hydrogen-bond acceptors (Lipinski definition) is 6. The van der Waals surface area contributed by atoms with Crippen LogP contribution in [0.4, 0.5) is 0 Å². The summed E-state index contributed by atoms with van der Waals surface area (Å²) in [4.78, 5) is 43.3. The molecule has 2 aromatic rings. The van der Waals surface area contributed by atoms with Crippen LogP contribution in [-0.2, 0) is 27.4 Å². The number of halogens is 1. The van der Waals surface area contributed by atoms with E-state index in [-0.39, 0.29) is 29.9 Å². The number of benzene rings is 1. The van der Waals surface area contributed by atoms with Crippen molar-refractivity contribution in [3.63, 3.8) is 0 Å². The van der Waals surface area contributed by atoms with Crippen molar-refractivity contribution in [2.45, 2.75) is 83.9 Å². The fourth-order valence-corrected chi connectivity index (χ4v) is 7.49. The Labute approximate surface area is 248 Å². The molecule has 1 aromatic carbocycles. The molecule has 10 nitrogen and oxygen atoms in total. The molecule has 1 spiro atoms. The third-order valence-corrected chi connectivity index (χ3v) is 10.2. The molecule has 3 heterocycles. The van der Waals surface area contributed by atoms with Gasteiger partial charge in [-0.25, -0.2) is 4.68 Å². The minimum Gasteiger partial charge on any atom is -0.487 e. The van der Waals surface area contributed by atoms with Gasteiger partial charge in [-0.15, -0.1) is 5.10 Å². The van der Waals surface area contributed by atoms with Crippen molar-refractivity contribution in [1.29, 1.82) is 0 Å². The Kier molecular flexibility index (Phi) is 7.59. The first kappa shape index (κ1) is 28.2.